The maximum Gasteiger partial charge on any atom is 0.469 e. The topological polar surface area (TPSA) is 76.0 Å². The number of para-hydroxylation sites is 1. The SMILES string of the molecule is CCCCCCCCCc1ccccc1OCCOP(=O)(O)O. The van der Waals surface area contributed by atoms with Gasteiger partial charge in [-0.2, -0.15) is 0 Å². The van der Waals surface area contributed by atoms with Crippen molar-refractivity contribution in [2.45, 2.75) is 58.3 Å². The third-order valence-electron chi connectivity index (χ3n) is 3.62. The van der Waals surface area contributed by atoms with Crippen molar-refractivity contribution in [3.63, 3.8) is 0 Å². The van der Waals surface area contributed by atoms with Gasteiger partial charge in [0.1, 0.15) is 12.4 Å². The predicted molar refractivity (Wildman–Crippen MR) is 91.6 cm³/mol. The molecule has 0 radical (unpaired) electrons. The number of hydrogen-bond acceptors (Lipinski definition) is 3. The number of aryl methyl sites for hydroxylation is 1. The summed E-state index contributed by atoms with van der Waals surface area (Å²) in [5.74, 6) is 0.771. The van der Waals surface area contributed by atoms with Crippen LogP contribution in [-0.2, 0) is 15.5 Å². The lowest BCUT2D eigenvalue weighted by molar-refractivity contribution is 0.160. The Kier molecular flexibility index (Phi) is 10.2. The number of phosphoric acid groups is 1. The summed E-state index contributed by atoms with van der Waals surface area (Å²) in [5.41, 5.74) is 1.14. The van der Waals surface area contributed by atoms with E-state index in [2.05, 4.69) is 11.4 Å². The van der Waals surface area contributed by atoms with Gasteiger partial charge in [-0.15, -0.1) is 0 Å². The molecule has 0 saturated carbocycles. The smallest absolute Gasteiger partial charge is 0.469 e. The van der Waals surface area contributed by atoms with Crippen molar-refractivity contribution in [3.8, 4) is 5.75 Å². The third kappa shape index (κ3) is 10.5. The highest BCUT2D eigenvalue weighted by Gasteiger charge is 2.13. The van der Waals surface area contributed by atoms with Gasteiger partial charge in [-0.05, 0) is 24.5 Å². The van der Waals surface area contributed by atoms with Crippen LogP contribution in [0.5, 0.6) is 5.75 Å². The molecule has 0 saturated heterocycles. The number of rotatable bonds is 13. The normalized spacial score (nSPS) is 11.6. The summed E-state index contributed by atoms with van der Waals surface area (Å²) in [5, 5.41) is 0. The van der Waals surface area contributed by atoms with Crippen molar-refractivity contribution in [2.75, 3.05) is 13.2 Å². The Morgan fingerprint density at radius 3 is 2.30 bits per heavy atom. The van der Waals surface area contributed by atoms with Crippen LogP contribution >= 0.6 is 7.82 Å². The summed E-state index contributed by atoms with van der Waals surface area (Å²) in [4.78, 5) is 17.2. The number of benzene rings is 1. The van der Waals surface area contributed by atoms with Crippen molar-refractivity contribution >= 4 is 7.82 Å². The highest BCUT2D eigenvalue weighted by atomic mass is 31.2. The second-order valence-electron chi connectivity index (χ2n) is 5.65. The van der Waals surface area contributed by atoms with Gasteiger partial charge in [0, 0.05) is 0 Å². The molecule has 1 aromatic carbocycles. The van der Waals surface area contributed by atoms with Crippen LogP contribution in [0, 0.1) is 0 Å². The molecule has 0 aliphatic heterocycles. The lowest BCUT2D eigenvalue weighted by Gasteiger charge is -2.12. The zero-order valence-corrected chi connectivity index (χ0v) is 14.8. The summed E-state index contributed by atoms with van der Waals surface area (Å²) >= 11 is 0. The maximum atomic E-state index is 10.6. The van der Waals surface area contributed by atoms with Gasteiger partial charge in [0.2, 0.25) is 0 Å². The van der Waals surface area contributed by atoms with Crippen molar-refractivity contribution < 1.29 is 23.6 Å². The summed E-state index contributed by atoms with van der Waals surface area (Å²) in [7, 11) is -4.41. The van der Waals surface area contributed by atoms with Gasteiger partial charge < -0.3 is 14.5 Å². The van der Waals surface area contributed by atoms with Crippen LogP contribution in [0.25, 0.3) is 0 Å². The highest BCUT2D eigenvalue weighted by molar-refractivity contribution is 7.46. The van der Waals surface area contributed by atoms with Crippen LogP contribution in [0.1, 0.15) is 57.4 Å². The summed E-state index contributed by atoms with van der Waals surface area (Å²) in [6.07, 6.45) is 9.83. The second-order valence-corrected chi connectivity index (χ2v) is 6.89. The molecule has 0 spiro atoms. The molecule has 0 aromatic heterocycles. The minimum Gasteiger partial charge on any atom is -0.491 e. The van der Waals surface area contributed by atoms with E-state index in [4.69, 9.17) is 14.5 Å². The molecule has 1 aromatic rings. The minimum absolute atomic E-state index is 0.124. The summed E-state index contributed by atoms with van der Waals surface area (Å²) in [6.45, 7) is 2.22. The van der Waals surface area contributed by atoms with Gasteiger partial charge in [-0.25, -0.2) is 4.57 Å². The fraction of sp³-hybridized carbons (Fsp3) is 0.647. The van der Waals surface area contributed by atoms with Crippen LogP contribution in [0.15, 0.2) is 24.3 Å². The zero-order valence-electron chi connectivity index (χ0n) is 13.9. The first kappa shape index (κ1) is 20.2. The molecular weight excluding hydrogens is 315 g/mol. The molecule has 0 heterocycles. The molecule has 2 N–H and O–H groups in total. The van der Waals surface area contributed by atoms with Crippen LogP contribution in [0.2, 0.25) is 0 Å². The molecule has 132 valence electrons. The summed E-state index contributed by atoms with van der Waals surface area (Å²) < 4.78 is 20.5. The van der Waals surface area contributed by atoms with E-state index in [1.54, 1.807) is 0 Å². The predicted octanol–water partition coefficient (Wildman–Crippen LogP) is 4.47. The van der Waals surface area contributed by atoms with Crippen molar-refractivity contribution in [1.82, 2.24) is 0 Å². The van der Waals surface area contributed by atoms with E-state index in [9.17, 15) is 4.57 Å². The van der Waals surface area contributed by atoms with Gasteiger partial charge in [0.15, 0.2) is 0 Å². The van der Waals surface area contributed by atoms with Gasteiger partial charge in [-0.1, -0.05) is 63.6 Å². The Labute approximate surface area is 139 Å². The third-order valence-corrected chi connectivity index (χ3v) is 4.14. The number of unbranched alkanes of at least 4 members (excludes halogenated alkanes) is 6. The average Bonchev–Trinajstić information content (AvgIpc) is 2.51. The van der Waals surface area contributed by atoms with E-state index < -0.39 is 7.82 Å². The molecule has 5 nitrogen and oxygen atoms in total. The summed E-state index contributed by atoms with van der Waals surface area (Å²) in [6, 6.07) is 7.80. The fourth-order valence-electron chi connectivity index (χ4n) is 2.43. The number of ether oxygens (including phenoxy) is 1. The monoisotopic (exact) mass is 344 g/mol. The number of phosphoric ester groups is 1. The molecule has 1 rings (SSSR count). The van der Waals surface area contributed by atoms with E-state index in [0.717, 1.165) is 24.2 Å². The average molecular weight is 344 g/mol. The fourth-order valence-corrected chi connectivity index (χ4v) is 2.74. The lowest BCUT2D eigenvalue weighted by Crippen LogP contribution is -2.06. The van der Waals surface area contributed by atoms with Gasteiger partial charge in [0.05, 0.1) is 6.61 Å². The quantitative estimate of drug-likeness (QED) is 0.408. The van der Waals surface area contributed by atoms with Gasteiger partial charge >= 0.3 is 7.82 Å². The van der Waals surface area contributed by atoms with Crippen LogP contribution in [0.4, 0.5) is 0 Å². The number of hydrogen-bond donors (Lipinski definition) is 2. The van der Waals surface area contributed by atoms with E-state index in [0.29, 0.717) is 0 Å². The molecule has 0 aliphatic rings. The molecule has 0 bridgehead atoms. The van der Waals surface area contributed by atoms with E-state index in [1.807, 2.05) is 24.3 Å². The molecular formula is C17H29O5P. The molecule has 0 amide bonds. The lowest BCUT2D eigenvalue weighted by atomic mass is 10.0. The van der Waals surface area contributed by atoms with E-state index in [1.165, 1.54) is 38.5 Å². The van der Waals surface area contributed by atoms with Crippen molar-refractivity contribution in [2.24, 2.45) is 0 Å². The first-order valence-corrected chi connectivity index (χ1v) is 9.96. The maximum absolute atomic E-state index is 10.6. The van der Waals surface area contributed by atoms with Crippen molar-refractivity contribution in [1.29, 1.82) is 0 Å². The van der Waals surface area contributed by atoms with Crippen LogP contribution in [-0.4, -0.2) is 23.0 Å². The Morgan fingerprint density at radius 1 is 0.957 bits per heavy atom. The Morgan fingerprint density at radius 2 is 1.61 bits per heavy atom. The van der Waals surface area contributed by atoms with Gasteiger partial charge in [0.25, 0.3) is 0 Å². The van der Waals surface area contributed by atoms with E-state index >= 15 is 0 Å². The van der Waals surface area contributed by atoms with Crippen molar-refractivity contribution in [3.05, 3.63) is 29.8 Å². The molecule has 6 heteroatoms. The first-order valence-electron chi connectivity index (χ1n) is 8.43. The van der Waals surface area contributed by atoms with Crippen LogP contribution in [0.3, 0.4) is 0 Å². The standard InChI is InChI=1S/C17H29O5P/c1-2-3-4-5-6-7-8-11-16-12-9-10-13-17(16)21-14-15-22-23(18,19)20/h9-10,12-13H,2-8,11,14-15H2,1H3,(H2,18,19,20). The molecule has 0 atom stereocenters. The Balaban J connectivity index is 2.26. The minimum atomic E-state index is -4.41. The molecule has 0 fully saturated rings. The van der Waals surface area contributed by atoms with E-state index in [-0.39, 0.29) is 13.2 Å². The highest BCUT2D eigenvalue weighted by Crippen LogP contribution is 2.35. The van der Waals surface area contributed by atoms with Crippen LogP contribution < -0.4 is 4.74 Å². The zero-order chi connectivity index (χ0) is 17.0. The Bertz CT molecular complexity index is 472. The Hall–Kier alpha value is -0.870. The molecule has 0 unspecified atom stereocenters. The first-order chi connectivity index (χ1) is 11.0. The second kappa shape index (κ2) is 11.6. The van der Waals surface area contributed by atoms with Gasteiger partial charge in [-0.3, -0.25) is 4.52 Å². The molecule has 0 aliphatic carbocycles. The molecule has 23 heavy (non-hydrogen) atoms. The largest absolute Gasteiger partial charge is 0.491 e.